The van der Waals surface area contributed by atoms with Crippen molar-refractivity contribution in [1.29, 1.82) is 0 Å². The lowest BCUT2D eigenvalue weighted by molar-refractivity contribution is -0.137. The van der Waals surface area contributed by atoms with Gasteiger partial charge in [-0.05, 0) is 25.8 Å². The number of rotatable bonds is 6. The number of benzene rings is 1. The standard InChI is InChI=1S/C17H24N2O4S/c1-3-19(15-9-10-24(22,23)12-15)17(21)11-16(20)18-13(2)14-7-5-4-6-8-14/h4-8,13,15H,3,9-12H2,1-2H3,(H,18,20). The van der Waals surface area contributed by atoms with Gasteiger partial charge in [0.15, 0.2) is 9.84 Å². The van der Waals surface area contributed by atoms with Crippen molar-refractivity contribution in [2.24, 2.45) is 0 Å². The number of carbonyl (C=O) groups excluding carboxylic acids is 2. The largest absolute Gasteiger partial charge is 0.349 e. The molecule has 1 heterocycles. The molecule has 2 atom stereocenters. The number of amides is 2. The fourth-order valence-electron chi connectivity index (χ4n) is 3.02. The van der Waals surface area contributed by atoms with E-state index < -0.39 is 9.84 Å². The molecule has 0 bridgehead atoms. The summed E-state index contributed by atoms with van der Waals surface area (Å²) in [5.41, 5.74) is 0.965. The molecular weight excluding hydrogens is 328 g/mol. The van der Waals surface area contributed by atoms with Crippen LogP contribution in [0, 0.1) is 0 Å². The molecule has 1 aromatic carbocycles. The highest BCUT2D eigenvalue weighted by Crippen LogP contribution is 2.18. The van der Waals surface area contributed by atoms with Crippen molar-refractivity contribution in [3.05, 3.63) is 35.9 Å². The predicted octanol–water partition coefficient (Wildman–Crippen LogP) is 1.29. The van der Waals surface area contributed by atoms with Gasteiger partial charge in [0.1, 0.15) is 6.42 Å². The zero-order chi connectivity index (χ0) is 17.7. The van der Waals surface area contributed by atoms with Crippen LogP contribution in [0.2, 0.25) is 0 Å². The van der Waals surface area contributed by atoms with Crippen LogP contribution in [0.5, 0.6) is 0 Å². The third-order valence-electron chi connectivity index (χ3n) is 4.30. The molecule has 2 amide bonds. The van der Waals surface area contributed by atoms with Gasteiger partial charge in [0.05, 0.1) is 17.5 Å². The lowest BCUT2D eigenvalue weighted by Crippen LogP contribution is -2.43. The van der Waals surface area contributed by atoms with Crippen molar-refractivity contribution in [2.75, 3.05) is 18.1 Å². The van der Waals surface area contributed by atoms with Crippen molar-refractivity contribution < 1.29 is 18.0 Å². The summed E-state index contributed by atoms with van der Waals surface area (Å²) in [6, 6.07) is 9.00. The fraction of sp³-hybridized carbons (Fsp3) is 0.529. The quantitative estimate of drug-likeness (QED) is 0.782. The maximum atomic E-state index is 12.4. The van der Waals surface area contributed by atoms with Gasteiger partial charge in [-0.1, -0.05) is 30.3 Å². The Labute approximate surface area is 143 Å². The monoisotopic (exact) mass is 352 g/mol. The highest BCUT2D eigenvalue weighted by Gasteiger charge is 2.34. The summed E-state index contributed by atoms with van der Waals surface area (Å²) >= 11 is 0. The van der Waals surface area contributed by atoms with Crippen LogP contribution in [0.15, 0.2) is 30.3 Å². The molecule has 0 aliphatic carbocycles. The summed E-state index contributed by atoms with van der Waals surface area (Å²) in [6.07, 6.45) is 0.186. The van der Waals surface area contributed by atoms with E-state index in [1.807, 2.05) is 37.3 Å². The first-order chi connectivity index (χ1) is 11.3. The van der Waals surface area contributed by atoms with Crippen LogP contribution in [0.25, 0.3) is 0 Å². The Balaban J connectivity index is 1.91. The van der Waals surface area contributed by atoms with Gasteiger partial charge >= 0.3 is 0 Å². The van der Waals surface area contributed by atoms with E-state index in [1.165, 1.54) is 4.90 Å². The van der Waals surface area contributed by atoms with E-state index in [1.54, 1.807) is 6.92 Å². The first-order valence-corrected chi connectivity index (χ1v) is 9.98. The third kappa shape index (κ3) is 4.80. The van der Waals surface area contributed by atoms with Gasteiger partial charge in [0, 0.05) is 12.6 Å². The van der Waals surface area contributed by atoms with Gasteiger partial charge in [-0.3, -0.25) is 9.59 Å². The minimum Gasteiger partial charge on any atom is -0.349 e. The van der Waals surface area contributed by atoms with E-state index in [9.17, 15) is 18.0 Å². The molecule has 1 aliphatic heterocycles. The second kappa shape index (κ2) is 7.79. The molecule has 1 N–H and O–H groups in total. The molecule has 0 radical (unpaired) electrons. The number of nitrogens with one attached hydrogen (secondary N) is 1. The lowest BCUT2D eigenvalue weighted by Gasteiger charge is -2.27. The van der Waals surface area contributed by atoms with Gasteiger partial charge in [0.2, 0.25) is 11.8 Å². The SMILES string of the molecule is CCN(C(=O)CC(=O)NC(C)c1ccccc1)C1CCS(=O)(=O)C1. The molecule has 6 nitrogen and oxygen atoms in total. The molecule has 7 heteroatoms. The average molecular weight is 352 g/mol. The van der Waals surface area contributed by atoms with Gasteiger partial charge in [0.25, 0.3) is 0 Å². The van der Waals surface area contributed by atoms with Crippen LogP contribution < -0.4 is 5.32 Å². The van der Waals surface area contributed by atoms with Crippen LogP contribution in [0.3, 0.4) is 0 Å². The molecule has 1 saturated heterocycles. The van der Waals surface area contributed by atoms with Crippen LogP contribution >= 0.6 is 0 Å². The molecule has 0 aromatic heterocycles. The molecule has 24 heavy (non-hydrogen) atoms. The van der Waals surface area contributed by atoms with Crippen molar-refractivity contribution in [3.8, 4) is 0 Å². The first-order valence-electron chi connectivity index (χ1n) is 8.16. The molecule has 1 aliphatic rings. The molecule has 0 saturated carbocycles. The van der Waals surface area contributed by atoms with Gasteiger partial charge in [-0.15, -0.1) is 0 Å². The maximum absolute atomic E-state index is 12.4. The summed E-state index contributed by atoms with van der Waals surface area (Å²) < 4.78 is 23.2. The summed E-state index contributed by atoms with van der Waals surface area (Å²) in [7, 11) is -3.06. The average Bonchev–Trinajstić information content (AvgIpc) is 2.88. The van der Waals surface area contributed by atoms with E-state index in [0.717, 1.165) is 5.56 Å². The number of hydrogen-bond acceptors (Lipinski definition) is 4. The number of carbonyl (C=O) groups is 2. The van der Waals surface area contributed by atoms with E-state index in [0.29, 0.717) is 13.0 Å². The predicted molar refractivity (Wildman–Crippen MR) is 92.1 cm³/mol. The topological polar surface area (TPSA) is 83.6 Å². The summed E-state index contributed by atoms with van der Waals surface area (Å²) in [5, 5.41) is 2.81. The van der Waals surface area contributed by atoms with Gasteiger partial charge in [-0.2, -0.15) is 0 Å². The maximum Gasteiger partial charge on any atom is 0.232 e. The second-order valence-corrected chi connectivity index (χ2v) is 8.34. The van der Waals surface area contributed by atoms with E-state index in [2.05, 4.69) is 5.32 Å². The summed E-state index contributed by atoms with van der Waals surface area (Å²) in [6.45, 7) is 4.06. The Bertz CT molecular complexity index is 688. The molecule has 1 fully saturated rings. The van der Waals surface area contributed by atoms with Crippen molar-refractivity contribution in [2.45, 2.75) is 38.8 Å². The normalized spacial score (nSPS) is 20.3. The highest BCUT2D eigenvalue weighted by atomic mass is 32.2. The second-order valence-electron chi connectivity index (χ2n) is 6.11. The number of hydrogen-bond donors (Lipinski definition) is 1. The van der Waals surface area contributed by atoms with Gasteiger partial charge < -0.3 is 10.2 Å². The van der Waals surface area contributed by atoms with Crippen molar-refractivity contribution >= 4 is 21.7 Å². The molecule has 132 valence electrons. The fourth-order valence-corrected chi connectivity index (χ4v) is 4.75. The first kappa shape index (κ1) is 18.4. The molecular formula is C17H24N2O4S. The number of sulfone groups is 1. The van der Waals surface area contributed by atoms with E-state index in [-0.39, 0.29) is 41.8 Å². The summed E-state index contributed by atoms with van der Waals surface area (Å²) in [4.78, 5) is 26.0. The lowest BCUT2D eigenvalue weighted by atomic mass is 10.1. The Morgan fingerprint density at radius 2 is 1.96 bits per heavy atom. The smallest absolute Gasteiger partial charge is 0.232 e. The molecule has 1 aromatic rings. The van der Waals surface area contributed by atoms with E-state index >= 15 is 0 Å². The molecule has 2 rings (SSSR count). The van der Waals surface area contributed by atoms with Crippen LogP contribution in [-0.4, -0.2) is 49.2 Å². The van der Waals surface area contributed by atoms with E-state index in [4.69, 9.17) is 0 Å². The van der Waals surface area contributed by atoms with Crippen LogP contribution in [-0.2, 0) is 19.4 Å². The number of nitrogens with zero attached hydrogens (tertiary/aromatic N) is 1. The molecule has 0 spiro atoms. The van der Waals surface area contributed by atoms with Crippen LogP contribution in [0.4, 0.5) is 0 Å². The van der Waals surface area contributed by atoms with Crippen LogP contribution in [0.1, 0.15) is 38.3 Å². The zero-order valence-electron chi connectivity index (χ0n) is 14.1. The zero-order valence-corrected chi connectivity index (χ0v) is 14.9. The summed E-state index contributed by atoms with van der Waals surface area (Å²) in [5.74, 6) is -0.569. The highest BCUT2D eigenvalue weighted by molar-refractivity contribution is 7.91. The van der Waals surface area contributed by atoms with Crippen molar-refractivity contribution in [3.63, 3.8) is 0 Å². The van der Waals surface area contributed by atoms with Crippen molar-refractivity contribution in [1.82, 2.24) is 10.2 Å². The third-order valence-corrected chi connectivity index (χ3v) is 6.05. The Morgan fingerprint density at radius 1 is 1.29 bits per heavy atom. The minimum absolute atomic E-state index is 0.00534. The Hall–Kier alpha value is -1.89. The molecule has 2 unspecified atom stereocenters. The minimum atomic E-state index is -3.06. The Morgan fingerprint density at radius 3 is 2.50 bits per heavy atom. The Kier molecular flexibility index (Phi) is 5.99. The van der Waals surface area contributed by atoms with Gasteiger partial charge in [-0.25, -0.2) is 8.42 Å².